The number of piperazine rings is 1. The summed E-state index contributed by atoms with van der Waals surface area (Å²) >= 11 is 0. The molecule has 8 nitrogen and oxygen atoms in total. The number of aromatic nitrogens is 4. The molecule has 9 heteroatoms. The molecule has 4 aromatic rings. The maximum Gasteiger partial charge on any atom is 0.410 e. The van der Waals surface area contributed by atoms with Crippen molar-refractivity contribution in [2.24, 2.45) is 0 Å². The molecule has 1 fully saturated rings. The van der Waals surface area contributed by atoms with Crippen LogP contribution in [0.3, 0.4) is 0 Å². The number of rotatable bonds is 3. The molecule has 0 radical (unpaired) electrons. The fraction of sp³-hybridized carbons (Fsp3) is 0.308. The van der Waals surface area contributed by atoms with Gasteiger partial charge >= 0.3 is 6.09 Å². The number of fused-ring (bicyclic) bond motifs is 1. The number of nitrogens with one attached hydrogen (secondary N) is 1. The van der Waals surface area contributed by atoms with E-state index in [9.17, 15) is 4.79 Å². The monoisotopic (exact) mass is 474 g/mol. The van der Waals surface area contributed by atoms with Crippen molar-refractivity contribution in [3.8, 4) is 16.8 Å². The Hall–Kier alpha value is -3.85. The lowest BCUT2D eigenvalue weighted by Gasteiger charge is -2.37. The molecule has 1 N–H and O–H groups in total. The quantitative estimate of drug-likeness (QED) is 0.471. The summed E-state index contributed by atoms with van der Waals surface area (Å²) < 4.78 is 22.7. The fourth-order valence-electron chi connectivity index (χ4n) is 4.46. The first-order valence-electron chi connectivity index (χ1n) is 11.5. The number of carbonyl (C=O) groups excluding carboxylic acids is 1. The summed E-state index contributed by atoms with van der Waals surface area (Å²) in [7, 11) is 0. The highest BCUT2D eigenvalue weighted by molar-refractivity contribution is 5.99. The molecule has 5 rings (SSSR count). The van der Waals surface area contributed by atoms with E-state index in [-0.39, 0.29) is 5.82 Å². The summed E-state index contributed by atoms with van der Waals surface area (Å²) in [5, 5.41) is 4.13. The summed E-state index contributed by atoms with van der Waals surface area (Å²) in [6.07, 6.45) is 8.06. The Bertz CT molecular complexity index is 1370. The highest BCUT2D eigenvalue weighted by atomic mass is 19.1. The van der Waals surface area contributed by atoms with Crippen molar-refractivity contribution < 1.29 is 13.9 Å². The Labute approximate surface area is 202 Å². The number of carbonyl (C=O) groups is 1. The number of amides is 1. The molecule has 1 aliphatic rings. The molecular formula is C26H27FN6O2. The van der Waals surface area contributed by atoms with Crippen LogP contribution in [0.1, 0.15) is 32.5 Å². The van der Waals surface area contributed by atoms with Crippen LogP contribution in [0.5, 0.6) is 0 Å². The van der Waals surface area contributed by atoms with Gasteiger partial charge in [0.05, 0.1) is 35.3 Å². The van der Waals surface area contributed by atoms with E-state index in [1.807, 2.05) is 37.6 Å². The molecule has 180 valence electrons. The van der Waals surface area contributed by atoms with Gasteiger partial charge in [-0.1, -0.05) is 18.2 Å². The Morgan fingerprint density at radius 1 is 1.14 bits per heavy atom. The third-order valence-corrected chi connectivity index (χ3v) is 5.92. The van der Waals surface area contributed by atoms with Crippen molar-refractivity contribution in [1.82, 2.24) is 29.7 Å². The van der Waals surface area contributed by atoms with Gasteiger partial charge in [-0.2, -0.15) is 0 Å². The van der Waals surface area contributed by atoms with E-state index < -0.39 is 17.7 Å². The molecule has 0 aliphatic carbocycles. The molecular weight excluding hydrogens is 447 g/mol. The highest BCUT2D eigenvalue weighted by Gasteiger charge is 2.34. The predicted octanol–water partition coefficient (Wildman–Crippen LogP) is 4.50. The second kappa shape index (κ2) is 9.07. The van der Waals surface area contributed by atoms with E-state index >= 15 is 4.39 Å². The number of ether oxygens (including phenoxy) is 1. The van der Waals surface area contributed by atoms with E-state index in [2.05, 4.69) is 15.3 Å². The lowest BCUT2D eigenvalue weighted by molar-refractivity contribution is 0.0115. The van der Waals surface area contributed by atoms with Gasteiger partial charge in [0.2, 0.25) is 0 Å². The zero-order valence-corrected chi connectivity index (χ0v) is 19.9. The van der Waals surface area contributed by atoms with Crippen molar-refractivity contribution in [2.75, 3.05) is 19.6 Å². The number of nitrogens with zero attached hydrogens (tertiary/aromatic N) is 5. The van der Waals surface area contributed by atoms with Crippen molar-refractivity contribution in [3.63, 3.8) is 0 Å². The molecule has 1 atom stereocenters. The molecule has 35 heavy (non-hydrogen) atoms. The highest BCUT2D eigenvalue weighted by Crippen LogP contribution is 2.38. The molecule has 1 amide bonds. The zero-order valence-electron chi connectivity index (χ0n) is 19.9. The Morgan fingerprint density at radius 3 is 2.66 bits per heavy atom. The average molecular weight is 475 g/mol. The topological polar surface area (TPSA) is 85.2 Å². The van der Waals surface area contributed by atoms with Gasteiger partial charge in [-0.05, 0) is 32.9 Å². The van der Waals surface area contributed by atoms with Gasteiger partial charge in [0.25, 0.3) is 0 Å². The predicted molar refractivity (Wildman–Crippen MR) is 131 cm³/mol. The number of pyridine rings is 1. The van der Waals surface area contributed by atoms with Gasteiger partial charge in [-0.3, -0.25) is 9.88 Å². The maximum atomic E-state index is 15.0. The minimum Gasteiger partial charge on any atom is -0.444 e. The minimum atomic E-state index is -0.624. The van der Waals surface area contributed by atoms with Gasteiger partial charge in [0, 0.05) is 48.5 Å². The summed E-state index contributed by atoms with van der Waals surface area (Å²) in [5.41, 5.74) is 2.74. The van der Waals surface area contributed by atoms with Crippen molar-refractivity contribution in [1.29, 1.82) is 0 Å². The van der Waals surface area contributed by atoms with Gasteiger partial charge in [0.15, 0.2) is 0 Å². The summed E-state index contributed by atoms with van der Waals surface area (Å²) in [6, 6.07) is 8.14. The molecule has 0 bridgehead atoms. The standard InChI is InChI=1S/C26H27FN6O2/c1-26(2,3)35-25(34)32-11-10-28-14-22(32)24-23-19(18-6-4-5-7-20(18)27)15-33(21(23)8-9-31-24)17-12-29-16-30-13-17/h4-9,12-13,15-16,22,28H,10-11,14H2,1-3H3. The molecule has 1 unspecified atom stereocenters. The van der Waals surface area contributed by atoms with Crippen LogP contribution >= 0.6 is 0 Å². The first kappa shape index (κ1) is 22.9. The van der Waals surface area contributed by atoms with Crippen LogP contribution in [0.4, 0.5) is 9.18 Å². The Balaban J connectivity index is 1.72. The van der Waals surface area contributed by atoms with Crippen LogP contribution in [0, 0.1) is 5.82 Å². The first-order chi connectivity index (χ1) is 16.8. The van der Waals surface area contributed by atoms with E-state index in [1.54, 1.807) is 41.7 Å². The van der Waals surface area contributed by atoms with Gasteiger partial charge in [-0.15, -0.1) is 0 Å². The SMILES string of the molecule is CC(C)(C)OC(=O)N1CCNCC1c1nccc2c1c(-c1ccccc1F)cn2-c1cncnc1. The van der Waals surface area contributed by atoms with Crippen molar-refractivity contribution >= 4 is 17.0 Å². The van der Waals surface area contributed by atoms with E-state index in [1.165, 1.54) is 12.4 Å². The van der Waals surface area contributed by atoms with Gasteiger partial charge in [-0.25, -0.2) is 19.2 Å². The minimum absolute atomic E-state index is 0.337. The Kier molecular flexibility index (Phi) is 5.94. The summed E-state index contributed by atoms with van der Waals surface area (Å²) in [5.74, 6) is -0.337. The lowest BCUT2D eigenvalue weighted by Crippen LogP contribution is -2.50. The van der Waals surface area contributed by atoms with Crippen LogP contribution in [0.15, 0.2) is 61.4 Å². The molecule has 1 saturated heterocycles. The zero-order chi connectivity index (χ0) is 24.6. The summed E-state index contributed by atoms with van der Waals surface area (Å²) in [6.45, 7) is 7.16. The largest absolute Gasteiger partial charge is 0.444 e. The normalized spacial score (nSPS) is 16.5. The fourth-order valence-corrected chi connectivity index (χ4v) is 4.46. The molecule has 4 heterocycles. The number of hydrogen-bond acceptors (Lipinski definition) is 6. The Morgan fingerprint density at radius 2 is 1.91 bits per heavy atom. The van der Waals surface area contributed by atoms with Crippen molar-refractivity contribution in [2.45, 2.75) is 32.4 Å². The first-order valence-corrected chi connectivity index (χ1v) is 11.5. The van der Waals surface area contributed by atoms with Gasteiger partial charge < -0.3 is 14.6 Å². The van der Waals surface area contributed by atoms with Crippen LogP contribution in [0.25, 0.3) is 27.7 Å². The molecule has 3 aromatic heterocycles. The van der Waals surface area contributed by atoms with Crippen molar-refractivity contribution in [3.05, 3.63) is 73.0 Å². The maximum absolute atomic E-state index is 15.0. The lowest BCUT2D eigenvalue weighted by atomic mass is 9.99. The molecule has 1 aliphatic heterocycles. The van der Waals surface area contributed by atoms with Crippen LogP contribution < -0.4 is 5.32 Å². The average Bonchev–Trinajstić information content (AvgIpc) is 3.23. The second-order valence-corrected chi connectivity index (χ2v) is 9.47. The van der Waals surface area contributed by atoms with E-state index in [0.717, 1.165) is 16.6 Å². The van der Waals surface area contributed by atoms with E-state index in [0.29, 0.717) is 36.5 Å². The number of benzene rings is 1. The third kappa shape index (κ3) is 4.46. The van der Waals surface area contributed by atoms with Crippen LogP contribution in [0.2, 0.25) is 0 Å². The summed E-state index contributed by atoms with van der Waals surface area (Å²) in [4.78, 5) is 27.9. The van der Waals surface area contributed by atoms with Crippen LogP contribution in [-0.4, -0.2) is 55.7 Å². The number of halogens is 1. The molecule has 0 spiro atoms. The molecule has 1 aromatic carbocycles. The third-order valence-electron chi connectivity index (χ3n) is 5.92. The van der Waals surface area contributed by atoms with Gasteiger partial charge in [0.1, 0.15) is 17.7 Å². The molecule has 0 saturated carbocycles. The second-order valence-electron chi connectivity index (χ2n) is 9.47. The van der Waals surface area contributed by atoms with Crippen LogP contribution in [-0.2, 0) is 4.74 Å². The smallest absolute Gasteiger partial charge is 0.410 e. The number of hydrogen-bond donors (Lipinski definition) is 1. The van der Waals surface area contributed by atoms with E-state index in [4.69, 9.17) is 9.72 Å².